The molecule has 2 heterocycles. The molecule has 0 spiro atoms. The molecule has 0 atom stereocenters. The number of aryl methyl sites for hydroxylation is 1. The number of nitrogens with zero attached hydrogens (tertiary/aromatic N) is 3. The number of halogens is 1. The van der Waals surface area contributed by atoms with E-state index in [2.05, 4.69) is 9.97 Å². The van der Waals surface area contributed by atoms with E-state index < -0.39 is 0 Å². The summed E-state index contributed by atoms with van der Waals surface area (Å²) in [6.45, 7) is 0. The summed E-state index contributed by atoms with van der Waals surface area (Å²) in [6, 6.07) is 1.76. The minimum absolute atomic E-state index is 0.438. The second-order valence-corrected chi connectivity index (χ2v) is 3.45. The molecule has 2 rings (SSSR count). The Kier molecular flexibility index (Phi) is 2.13. The number of pyridine rings is 1. The molecule has 2 N–H and O–H groups in total. The van der Waals surface area contributed by atoms with Crippen molar-refractivity contribution in [3.8, 4) is 11.3 Å². The standard InChI is InChI=1S/C9H9ClN4/c1-14-4-8(13-5-14)7-2-6(10)3-12-9(7)11/h2-5H,1H3,(H2,11,12). The van der Waals surface area contributed by atoms with Gasteiger partial charge in [0.2, 0.25) is 0 Å². The number of hydrogen-bond acceptors (Lipinski definition) is 3. The Morgan fingerprint density at radius 3 is 2.86 bits per heavy atom. The summed E-state index contributed by atoms with van der Waals surface area (Å²) >= 11 is 5.82. The number of nitrogen functional groups attached to an aromatic ring is 1. The van der Waals surface area contributed by atoms with Crippen molar-refractivity contribution in [3.63, 3.8) is 0 Å². The smallest absolute Gasteiger partial charge is 0.132 e. The van der Waals surface area contributed by atoms with E-state index in [1.54, 1.807) is 12.4 Å². The van der Waals surface area contributed by atoms with Gasteiger partial charge in [0, 0.05) is 25.0 Å². The maximum Gasteiger partial charge on any atom is 0.132 e. The van der Waals surface area contributed by atoms with Crippen molar-refractivity contribution in [2.45, 2.75) is 0 Å². The highest BCUT2D eigenvalue weighted by Gasteiger charge is 2.06. The quantitative estimate of drug-likeness (QED) is 0.777. The van der Waals surface area contributed by atoms with Gasteiger partial charge in [-0.2, -0.15) is 0 Å². The van der Waals surface area contributed by atoms with Gasteiger partial charge in [0.25, 0.3) is 0 Å². The lowest BCUT2D eigenvalue weighted by Crippen LogP contribution is -1.93. The van der Waals surface area contributed by atoms with Crippen molar-refractivity contribution in [1.29, 1.82) is 0 Å². The predicted octanol–water partition coefficient (Wildman–Crippen LogP) is 1.72. The first kappa shape index (κ1) is 9.02. The monoisotopic (exact) mass is 208 g/mol. The number of aromatic nitrogens is 3. The zero-order valence-electron chi connectivity index (χ0n) is 7.61. The van der Waals surface area contributed by atoms with Gasteiger partial charge in [-0.05, 0) is 6.07 Å². The Labute approximate surface area is 86.4 Å². The van der Waals surface area contributed by atoms with Crippen LogP contribution < -0.4 is 5.73 Å². The molecule has 0 saturated heterocycles. The molecule has 0 aliphatic rings. The van der Waals surface area contributed by atoms with Crippen LogP contribution >= 0.6 is 11.6 Å². The van der Waals surface area contributed by atoms with Gasteiger partial charge in [0.15, 0.2) is 0 Å². The molecule has 0 aliphatic heterocycles. The molecule has 0 aromatic carbocycles. The van der Waals surface area contributed by atoms with E-state index in [1.807, 2.05) is 17.8 Å². The van der Waals surface area contributed by atoms with E-state index in [0.717, 1.165) is 11.3 Å². The molecule has 0 fully saturated rings. The zero-order chi connectivity index (χ0) is 10.1. The third-order valence-electron chi connectivity index (χ3n) is 1.87. The molecule has 0 saturated carbocycles. The SMILES string of the molecule is Cn1cnc(-c2cc(Cl)cnc2N)c1. The summed E-state index contributed by atoms with van der Waals surface area (Å²) in [7, 11) is 1.89. The van der Waals surface area contributed by atoms with E-state index in [1.165, 1.54) is 6.20 Å². The molecule has 2 aromatic rings. The molecule has 0 aliphatic carbocycles. The molecule has 0 unspecified atom stereocenters. The van der Waals surface area contributed by atoms with Crippen LogP contribution in [-0.2, 0) is 7.05 Å². The van der Waals surface area contributed by atoms with E-state index in [-0.39, 0.29) is 0 Å². The highest BCUT2D eigenvalue weighted by Crippen LogP contribution is 2.24. The molecule has 2 aromatic heterocycles. The van der Waals surface area contributed by atoms with E-state index in [4.69, 9.17) is 17.3 Å². The van der Waals surface area contributed by atoms with Crippen molar-refractivity contribution >= 4 is 17.4 Å². The largest absolute Gasteiger partial charge is 0.383 e. The van der Waals surface area contributed by atoms with Crippen LogP contribution in [0.1, 0.15) is 0 Å². The Balaban J connectivity index is 2.55. The normalized spacial score (nSPS) is 10.4. The zero-order valence-corrected chi connectivity index (χ0v) is 8.36. The number of nitrogens with two attached hydrogens (primary N) is 1. The summed E-state index contributed by atoms with van der Waals surface area (Å²) in [6.07, 6.45) is 5.09. The van der Waals surface area contributed by atoms with Gasteiger partial charge in [-0.3, -0.25) is 0 Å². The Bertz CT molecular complexity index is 464. The van der Waals surface area contributed by atoms with Gasteiger partial charge in [-0.1, -0.05) is 11.6 Å². The molecule has 4 nitrogen and oxygen atoms in total. The molecule has 14 heavy (non-hydrogen) atoms. The third-order valence-corrected chi connectivity index (χ3v) is 2.07. The summed E-state index contributed by atoms with van der Waals surface area (Å²) in [5, 5.41) is 0.555. The molecule has 0 radical (unpaired) electrons. The number of anilines is 1. The van der Waals surface area contributed by atoms with Crippen LogP contribution in [0.2, 0.25) is 5.02 Å². The first-order valence-corrected chi connectivity index (χ1v) is 4.44. The molecule has 0 amide bonds. The lowest BCUT2D eigenvalue weighted by Gasteiger charge is -2.00. The Hall–Kier alpha value is -1.55. The van der Waals surface area contributed by atoms with Gasteiger partial charge in [-0.25, -0.2) is 9.97 Å². The topological polar surface area (TPSA) is 56.7 Å². The van der Waals surface area contributed by atoms with E-state index in [0.29, 0.717) is 10.8 Å². The second kappa shape index (κ2) is 3.31. The fourth-order valence-corrected chi connectivity index (χ4v) is 1.36. The van der Waals surface area contributed by atoms with Gasteiger partial charge < -0.3 is 10.3 Å². The molecular weight excluding hydrogens is 200 g/mol. The predicted molar refractivity (Wildman–Crippen MR) is 55.9 cm³/mol. The minimum Gasteiger partial charge on any atom is -0.383 e. The number of hydrogen-bond donors (Lipinski definition) is 1. The van der Waals surface area contributed by atoms with Crippen LogP contribution in [0.3, 0.4) is 0 Å². The van der Waals surface area contributed by atoms with E-state index in [9.17, 15) is 0 Å². The lowest BCUT2D eigenvalue weighted by atomic mass is 10.2. The van der Waals surface area contributed by atoms with Crippen molar-refractivity contribution in [2.75, 3.05) is 5.73 Å². The summed E-state index contributed by atoms with van der Waals surface area (Å²) < 4.78 is 1.84. The van der Waals surface area contributed by atoms with Gasteiger partial charge in [0.1, 0.15) is 5.82 Å². The van der Waals surface area contributed by atoms with Gasteiger partial charge >= 0.3 is 0 Å². The minimum atomic E-state index is 0.438. The maximum absolute atomic E-state index is 5.82. The van der Waals surface area contributed by atoms with Crippen molar-refractivity contribution in [3.05, 3.63) is 29.8 Å². The molecular formula is C9H9ClN4. The maximum atomic E-state index is 5.82. The lowest BCUT2D eigenvalue weighted by molar-refractivity contribution is 0.913. The van der Waals surface area contributed by atoms with Gasteiger partial charge in [0.05, 0.1) is 17.0 Å². The van der Waals surface area contributed by atoms with Gasteiger partial charge in [-0.15, -0.1) is 0 Å². The summed E-state index contributed by atoms with van der Waals surface area (Å²) in [4.78, 5) is 8.13. The Morgan fingerprint density at radius 1 is 1.43 bits per heavy atom. The van der Waals surface area contributed by atoms with Crippen LogP contribution in [0.4, 0.5) is 5.82 Å². The van der Waals surface area contributed by atoms with Crippen LogP contribution in [0.25, 0.3) is 11.3 Å². The third kappa shape index (κ3) is 1.56. The number of imidazole rings is 1. The molecule has 5 heteroatoms. The summed E-state index contributed by atoms with van der Waals surface area (Å²) in [5.74, 6) is 0.438. The molecule has 72 valence electrons. The van der Waals surface area contributed by atoms with E-state index >= 15 is 0 Å². The highest BCUT2D eigenvalue weighted by atomic mass is 35.5. The van der Waals surface area contributed by atoms with Crippen LogP contribution in [-0.4, -0.2) is 14.5 Å². The number of rotatable bonds is 1. The van der Waals surface area contributed by atoms with Crippen LogP contribution in [0.15, 0.2) is 24.8 Å². The first-order chi connectivity index (χ1) is 6.66. The molecule has 0 bridgehead atoms. The average molecular weight is 209 g/mol. The van der Waals surface area contributed by atoms with Crippen molar-refractivity contribution in [1.82, 2.24) is 14.5 Å². The average Bonchev–Trinajstić information content (AvgIpc) is 2.56. The Morgan fingerprint density at radius 2 is 2.21 bits per heavy atom. The van der Waals surface area contributed by atoms with Crippen molar-refractivity contribution < 1.29 is 0 Å². The fraction of sp³-hybridized carbons (Fsp3) is 0.111. The second-order valence-electron chi connectivity index (χ2n) is 3.01. The highest BCUT2D eigenvalue weighted by molar-refractivity contribution is 6.30. The first-order valence-electron chi connectivity index (χ1n) is 4.06. The summed E-state index contributed by atoms with van der Waals surface area (Å²) in [5.41, 5.74) is 7.25. The fourth-order valence-electron chi connectivity index (χ4n) is 1.21. The van der Waals surface area contributed by atoms with Crippen molar-refractivity contribution in [2.24, 2.45) is 7.05 Å². The van der Waals surface area contributed by atoms with Crippen LogP contribution in [0.5, 0.6) is 0 Å². The van der Waals surface area contributed by atoms with Crippen LogP contribution in [0, 0.1) is 0 Å².